The molecule has 0 radical (unpaired) electrons. The minimum atomic E-state index is -0.308. The van der Waals surface area contributed by atoms with Gasteiger partial charge >= 0.3 is 0 Å². The number of nitrogens with one attached hydrogen (secondary N) is 1. The minimum Gasteiger partial charge on any atom is -0.495 e. The second kappa shape index (κ2) is 6.06. The Kier molecular flexibility index (Phi) is 4.20. The summed E-state index contributed by atoms with van der Waals surface area (Å²) in [6.07, 6.45) is 0. The van der Waals surface area contributed by atoms with Crippen molar-refractivity contribution < 1.29 is 13.9 Å². The quantitative estimate of drug-likeness (QED) is 0.841. The lowest BCUT2D eigenvalue weighted by Crippen LogP contribution is -2.23. The number of nitrogen functional groups attached to an aromatic ring is 1. The Morgan fingerprint density at radius 3 is 2.60 bits per heavy atom. The molecule has 2 rings (SSSR count). The molecule has 5 heteroatoms. The molecule has 20 heavy (non-hydrogen) atoms. The van der Waals surface area contributed by atoms with Crippen molar-refractivity contribution in [3.05, 3.63) is 59.4 Å². The number of carbonyl (C=O) groups excluding carboxylic acids is 1. The Balaban J connectivity index is 2.07. The molecule has 2 aromatic carbocycles. The van der Waals surface area contributed by atoms with E-state index < -0.39 is 0 Å². The summed E-state index contributed by atoms with van der Waals surface area (Å²) in [5, 5.41) is 2.73. The number of carbonyl (C=O) groups is 1. The highest BCUT2D eigenvalue weighted by Gasteiger charge is 2.12. The SMILES string of the molecule is COc1cccc(C(=O)NCc2ccc(F)cc2)c1N. The lowest BCUT2D eigenvalue weighted by atomic mass is 10.1. The maximum atomic E-state index is 12.8. The van der Waals surface area contributed by atoms with Gasteiger partial charge in [0.15, 0.2) is 0 Å². The third kappa shape index (κ3) is 3.06. The van der Waals surface area contributed by atoms with Crippen LogP contribution in [0, 0.1) is 5.82 Å². The number of nitrogens with two attached hydrogens (primary N) is 1. The monoisotopic (exact) mass is 274 g/mol. The number of hydrogen-bond donors (Lipinski definition) is 2. The summed E-state index contributed by atoms with van der Waals surface area (Å²) in [5.41, 5.74) is 7.31. The van der Waals surface area contributed by atoms with Crippen LogP contribution >= 0.6 is 0 Å². The van der Waals surface area contributed by atoms with Crippen LogP contribution in [0.25, 0.3) is 0 Å². The number of methoxy groups -OCH3 is 1. The van der Waals surface area contributed by atoms with Crippen LogP contribution in [0.1, 0.15) is 15.9 Å². The van der Waals surface area contributed by atoms with Crippen molar-refractivity contribution in [2.24, 2.45) is 0 Å². The highest BCUT2D eigenvalue weighted by molar-refractivity contribution is 6.00. The number of halogens is 1. The molecule has 0 spiro atoms. The van der Waals surface area contributed by atoms with E-state index >= 15 is 0 Å². The average molecular weight is 274 g/mol. The van der Waals surface area contributed by atoms with Gasteiger partial charge in [-0.25, -0.2) is 4.39 Å². The fraction of sp³-hybridized carbons (Fsp3) is 0.133. The van der Waals surface area contributed by atoms with Crippen molar-refractivity contribution in [2.75, 3.05) is 12.8 Å². The van der Waals surface area contributed by atoms with Gasteiger partial charge in [-0.3, -0.25) is 4.79 Å². The van der Waals surface area contributed by atoms with Gasteiger partial charge in [0, 0.05) is 6.54 Å². The second-order valence-electron chi connectivity index (χ2n) is 4.23. The van der Waals surface area contributed by atoms with Crippen LogP contribution in [-0.2, 0) is 6.54 Å². The van der Waals surface area contributed by atoms with Crippen LogP contribution in [0.15, 0.2) is 42.5 Å². The Morgan fingerprint density at radius 2 is 1.95 bits per heavy atom. The summed E-state index contributed by atoms with van der Waals surface area (Å²) in [6, 6.07) is 10.9. The summed E-state index contributed by atoms with van der Waals surface area (Å²) >= 11 is 0. The van der Waals surface area contributed by atoms with E-state index in [1.165, 1.54) is 19.2 Å². The molecule has 0 atom stereocenters. The molecule has 104 valence electrons. The van der Waals surface area contributed by atoms with Gasteiger partial charge in [0.25, 0.3) is 5.91 Å². The molecular formula is C15H15FN2O2. The van der Waals surface area contributed by atoms with Crippen LogP contribution in [0.2, 0.25) is 0 Å². The first-order valence-corrected chi connectivity index (χ1v) is 6.07. The van der Waals surface area contributed by atoms with Gasteiger partial charge in [0.2, 0.25) is 0 Å². The highest BCUT2D eigenvalue weighted by Crippen LogP contribution is 2.24. The van der Waals surface area contributed by atoms with Crippen molar-refractivity contribution in [3.63, 3.8) is 0 Å². The molecule has 0 aliphatic rings. The lowest BCUT2D eigenvalue weighted by Gasteiger charge is -2.10. The summed E-state index contributed by atoms with van der Waals surface area (Å²) in [4.78, 5) is 12.1. The van der Waals surface area contributed by atoms with E-state index in [0.29, 0.717) is 23.5 Å². The first-order chi connectivity index (χ1) is 9.61. The van der Waals surface area contributed by atoms with Crippen molar-refractivity contribution in [2.45, 2.75) is 6.54 Å². The van der Waals surface area contributed by atoms with Gasteiger partial charge in [-0.05, 0) is 29.8 Å². The molecule has 1 amide bonds. The summed E-state index contributed by atoms with van der Waals surface area (Å²) in [5.74, 6) is -0.151. The number of rotatable bonds is 4. The van der Waals surface area contributed by atoms with Crippen molar-refractivity contribution in [3.8, 4) is 5.75 Å². The molecule has 3 N–H and O–H groups in total. The van der Waals surface area contributed by atoms with Gasteiger partial charge in [-0.1, -0.05) is 18.2 Å². The number of benzene rings is 2. The molecule has 0 aliphatic carbocycles. The molecule has 0 heterocycles. The van der Waals surface area contributed by atoms with Crippen molar-refractivity contribution in [1.82, 2.24) is 5.32 Å². The molecule has 2 aromatic rings. The lowest BCUT2D eigenvalue weighted by molar-refractivity contribution is 0.0951. The molecule has 0 saturated carbocycles. The summed E-state index contributed by atoms with van der Waals surface area (Å²) < 4.78 is 17.8. The van der Waals surface area contributed by atoms with E-state index in [1.54, 1.807) is 30.3 Å². The second-order valence-corrected chi connectivity index (χ2v) is 4.23. The molecule has 0 fully saturated rings. The maximum Gasteiger partial charge on any atom is 0.253 e. The molecule has 0 unspecified atom stereocenters. The van der Waals surface area contributed by atoms with E-state index in [4.69, 9.17) is 10.5 Å². The van der Waals surface area contributed by atoms with Crippen LogP contribution in [0.4, 0.5) is 10.1 Å². The van der Waals surface area contributed by atoms with Crippen LogP contribution < -0.4 is 15.8 Å². The first-order valence-electron chi connectivity index (χ1n) is 6.07. The molecule has 0 aromatic heterocycles. The molecule has 4 nitrogen and oxygen atoms in total. The number of ether oxygens (including phenoxy) is 1. The number of anilines is 1. The smallest absolute Gasteiger partial charge is 0.253 e. The normalized spacial score (nSPS) is 10.1. The van der Waals surface area contributed by atoms with Crippen LogP contribution in [0.5, 0.6) is 5.75 Å². The number of para-hydroxylation sites is 1. The van der Waals surface area contributed by atoms with Gasteiger partial charge < -0.3 is 15.8 Å². The van der Waals surface area contributed by atoms with E-state index in [1.807, 2.05) is 0 Å². The maximum absolute atomic E-state index is 12.8. The third-order valence-electron chi connectivity index (χ3n) is 2.90. The fourth-order valence-corrected chi connectivity index (χ4v) is 1.80. The van der Waals surface area contributed by atoms with Gasteiger partial charge in [0.05, 0.1) is 18.4 Å². The van der Waals surface area contributed by atoms with E-state index in [9.17, 15) is 9.18 Å². The Labute approximate surface area is 116 Å². The minimum absolute atomic E-state index is 0.298. The molecule has 0 bridgehead atoms. The predicted molar refractivity (Wildman–Crippen MR) is 75.0 cm³/mol. The van der Waals surface area contributed by atoms with E-state index in [0.717, 1.165) is 5.56 Å². The Bertz CT molecular complexity index is 612. The zero-order valence-corrected chi connectivity index (χ0v) is 11.0. The molecular weight excluding hydrogens is 259 g/mol. The third-order valence-corrected chi connectivity index (χ3v) is 2.90. The van der Waals surface area contributed by atoms with E-state index in [2.05, 4.69) is 5.32 Å². The zero-order chi connectivity index (χ0) is 14.5. The zero-order valence-electron chi connectivity index (χ0n) is 11.0. The first kappa shape index (κ1) is 13.9. The summed E-state index contributed by atoms with van der Waals surface area (Å²) in [7, 11) is 1.49. The van der Waals surface area contributed by atoms with Crippen LogP contribution in [0.3, 0.4) is 0 Å². The molecule has 0 aliphatic heterocycles. The highest BCUT2D eigenvalue weighted by atomic mass is 19.1. The van der Waals surface area contributed by atoms with Gasteiger partial charge in [-0.15, -0.1) is 0 Å². The molecule has 0 saturated heterocycles. The number of amides is 1. The fourth-order valence-electron chi connectivity index (χ4n) is 1.80. The Hall–Kier alpha value is -2.56. The largest absolute Gasteiger partial charge is 0.495 e. The van der Waals surface area contributed by atoms with Crippen molar-refractivity contribution in [1.29, 1.82) is 0 Å². The van der Waals surface area contributed by atoms with Gasteiger partial charge in [0.1, 0.15) is 11.6 Å². The standard InChI is InChI=1S/C15H15FN2O2/c1-20-13-4-2-3-12(14(13)17)15(19)18-9-10-5-7-11(16)8-6-10/h2-8H,9,17H2,1H3,(H,18,19). The van der Waals surface area contributed by atoms with E-state index in [-0.39, 0.29) is 11.7 Å². The Morgan fingerprint density at radius 1 is 1.25 bits per heavy atom. The van der Waals surface area contributed by atoms with Crippen molar-refractivity contribution >= 4 is 11.6 Å². The summed E-state index contributed by atoms with van der Waals surface area (Å²) in [6.45, 7) is 0.301. The van der Waals surface area contributed by atoms with Crippen LogP contribution in [-0.4, -0.2) is 13.0 Å². The average Bonchev–Trinajstić information content (AvgIpc) is 2.46. The topological polar surface area (TPSA) is 64.3 Å². The van der Waals surface area contributed by atoms with Gasteiger partial charge in [-0.2, -0.15) is 0 Å². The predicted octanol–water partition coefficient (Wildman–Crippen LogP) is 2.35. The number of hydrogen-bond acceptors (Lipinski definition) is 3.